The minimum atomic E-state index is -1.94. The number of nitrogens with zero attached hydrogens (tertiary/aromatic N) is 1. The van der Waals surface area contributed by atoms with Gasteiger partial charge >= 0.3 is 11.4 Å². The second-order valence-electron chi connectivity index (χ2n) is 11.2. The summed E-state index contributed by atoms with van der Waals surface area (Å²) in [6, 6.07) is 23.2. The van der Waals surface area contributed by atoms with Gasteiger partial charge in [-0.15, -0.1) is 0 Å². The molecule has 2 bridgehead atoms. The van der Waals surface area contributed by atoms with E-state index in [1.54, 1.807) is 0 Å². The van der Waals surface area contributed by atoms with Crippen LogP contribution in [-0.4, -0.2) is 46.1 Å². The molecular formula is C31H29NO5S. The van der Waals surface area contributed by atoms with Gasteiger partial charge in [0.1, 0.15) is 12.2 Å². The third-order valence-corrected chi connectivity index (χ3v) is 10.3. The molecule has 5 aliphatic rings. The van der Waals surface area contributed by atoms with Crippen LogP contribution >= 0.6 is 0 Å². The summed E-state index contributed by atoms with van der Waals surface area (Å²) >= 11 is -1.94. The van der Waals surface area contributed by atoms with Gasteiger partial charge < -0.3 is 14.0 Å². The number of hydrogen-bond acceptors (Lipinski definition) is 6. The zero-order chi connectivity index (χ0) is 25.6. The zero-order valence-electron chi connectivity index (χ0n) is 21.1. The summed E-state index contributed by atoms with van der Waals surface area (Å²) in [5.74, 6) is 1.37. The Hall–Kier alpha value is -2.97. The predicted molar refractivity (Wildman–Crippen MR) is 144 cm³/mol. The average Bonchev–Trinajstić information content (AvgIpc) is 3.23. The standard InChI is InChI=1S/C31H29NO5S/c1-32-28-23-13-15-24(33)29-30(23)18-31(28,32)22-14-16-25(27(36-29)26(22)30)37-38(34)35-17-5-6-19-9-11-21(12-10-19)20-7-3-2-4-8-20/h2-4,7-16,23-24,28-29,33H,5-6,17-18H2,1H3. The summed E-state index contributed by atoms with van der Waals surface area (Å²) < 4.78 is 30.4. The van der Waals surface area contributed by atoms with Gasteiger partial charge in [0.05, 0.1) is 12.1 Å². The van der Waals surface area contributed by atoms with E-state index in [0.717, 1.165) is 24.8 Å². The monoisotopic (exact) mass is 527 g/mol. The van der Waals surface area contributed by atoms with Gasteiger partial charge in [-0.2, -0.15) is 4.21 Å². The van der Waals surface area contributed by atoms with Crippen LogP contribution in [0.2, 0.25) is 0 Å². The fourth-order valence-corrected chi connectivity index (χ4v) is 8.61. The molecule has 3 aromatic carbocycles. The molecule has 7 heteroatoms. The molecule has 1 saturated heterocycles. The van der Waals surface area contributed by atoms with Crippen LogP contribution in [0.25, 0.3) is 11.1 Å². The van der Waals surface area contributed by atoms with E-state index in [0.29, 0.717) is 30.1 Å². The molecule has 0 amide bonds. The van der Waals surface area contributed by atoms with Crippen molar-refractivity contribution in [3.8, 4) is 22.6 Å². The molecule has 2 aliphatic heterocycles. The number of likely N-dealkylation sites (tertiary alicyclic amines) is 1. The predicted octanol–water partition coefficient (Wildman–Crippen LogP) is 4.43. The molecule has 38 heavy (non-hydrogen) atoms. The van der Waals surface area contributed by atoms with Crippen molar-refractivity contribution >= 4 is 11.4 Å². The van der Waals surface area contributed by atoms with Gasteiger partial charge in [0.15, 0.2) is 11.5 Å². The maximum atomic E-state index is 12.7. The molecule has 8 atom stereocenters. The van der Waals surface area contributed by atoms with Crippen LogP contribution in [0.15, 0.2) is 78.9 Å². The normalized spacial score (nSPS) is 34.9. The van der Waals surface area contributed by atoms with Crippen molar-refractivity contribution in [2.75, 3.05) is 13.7 Å². The van der Waals surface area contributed by atoms with Crippen LogP contribution in [0.3, 0.4) is 0 Å². The molecule has 3 aliphatic carbocycles. The van der Waals surface area contributed by atoms with Gasteiger partial charge in [-0.3, -0.25) is 9.08 Å². The summed E-state index contributed by atoms with van der Waals surface area (Å²) in [7, 11) is 2.19. The van der Waals surface area contributed by atoms with Crippen molar-refractivity contribution in [2.45, 2.75) is 48.5 Å². The third-order valence-electron chi connectivity index (χ3n) is 9.61. The number of likely N-dealkylation sites (N-methyl/N-ethyl adjacent to an activating group) is 1. The number of hydrogen-bond donors (Lipinski definition) is 1. The summed E-state index contributed by atoms with van der Waals surface area (Å²) in [6.45, 7) is 0.320. The Morgan fingerprint density at radius 1 is 1.05 bits per heavy atom. The van der Waals surface area contributed by atoms with Crippen molar-refractivity contribution in [2.24, 2.45) is 5.92 Å². The van der Waals surface area contributed by atoms with Crippen molar-refractivity contribution in [1.82, 2.24) is 4.90 Å². The molecule has 3 aromatic rings. The van der Waals surface area contributed by atoms with Crippen molar-refractivity contribution < 1.29 is 22.4 Å². The molecule has 8 rings (SSSR count). The first kappa shape index (κ1) is 23.0. The second-order valence-corrected chi connectivity index (χ2v) is 12.0. The third kappa shape index (κ3) is 2.90. The van der Waals surface area contributed by atoms with E-state index in [1.165, 1.54) is 22.3 Å². The van der Waals surface area contributed by atoms with Crippen molar-refractivity contribution in [3.63, 3.8) is 0 Å². The minimum Gasteiger partial charge on any atom is -0.482 e. The quantitative estimate of drug-likeness (QED) is 0.266. The maximum Gasteiger partial charge on any atom is 0.360 e. The average molecular weight is 528 g/mol. The smallest absolute Gasteiger partial charge is 0.360 e. The number of aryl methyl sites for hydroxylation is 1. The molecule has 2 heterocycles. The van der Waals surface area contributed by atoms with E-state index in [1.807, 2.05) is 30.3 Å². The minimum absolute atomic E-state index is 0.0264. The fourth-order valence-electron chi connectivity index (χ4n) is 8.03. The van der Waals surface area contributed by atoms with Gasteiger partial charge in [0.25, 0.3) is 0 Å². The highest BCUT2D eigenvalue weighted by atomic mass is 32.2. The van der Waals surface area contributed by atoms with Crippen LogP contribution < -0.4 is 8.92 Å². The van der Waals surface area contributed by atoms with E-state index in [2.05, 4.69) is 60.5 Å². The fraction of sp³-hybridized carbons (Fsp3) is 0.355. The largest absolute Gasteiger partial charge is 0.482 e. The number of ether oxygens (including phenoxy) is 1. The highest BCUT2D eigenvalue weighted by Gasteiger charge is 2.84. The van der Waals surface area contributed by atoms with Crippen LogP contribution in [0, 0.1) is 5.92 Å². The number of aliphatic hydroxyl groups excluding tert-OH is 1. The van der Waals surface area contributed by atoms with E-state index in [4.69, 9.17) is 13.1 Å². The lowest BCUT2D eigenvalue weighted by atomic mass is 9.64. The first-order valence-corrected chi connectivity index (χ1v) is 14.4. The molecular weight excluding hydrogens is 498 g/mol. The Labute approximate surface area is 224 Å². The number of aliphatic hydroxyl groups is 1. The highest BCUT2D eigenvalue weighted by Crippen LogP contribution is 2.80. The van der Waals surface area contributed by atoms with E-state index >= 15 is 0 Å². The number of fused-ring (bicyclic) bond motifs is 1. The summed E-state index contributed by atoms with van der Waals surface area (Å²) in [4.78, 5) is 2.45. The summed E-state index contributed by atoms with van der Waals surface area (Å²) in [5, 5.41) is 10.8. The van der Waals surface area contributed by atoms with E-state index in [-0.39, 0.29) is 17.1 Å². The highest BCUT2D eigenvalue weighted by molar-refractivity contribution is 7.75. The SMILES string of the molecule is CN1C2C3C=CC(O)C4Oc5c(OS(=O)OCCCc6ccc(-c7ccccc7)cc6)ccc6c5C34CC621. The Morgan fingerprint density at radius 3 is 2.66 bits per heavy atom. The van der Waals surface area contributed by atoms with Crippen LogP contribution in [0.1, 0.15) is 29.5 Å². The molecule has 1 saturated carbocycles. The molecule has 2 fully saturated rings. The lowest BCUT2D eigenvalue weighted by Crippen LogP contribution is -2.51. The van der Waals surface area contributed by atoms with Crippen molar-refractivity contribution in [1.29, 1.82) is 0 Å². The summed E-state index contributed by atoms with van der Waals surface area (Å²) in [6.07, 6.45) is 5.57. The van der Waals surface area contributed by atoms with Crippen LogP contribution in [0.5, 0.6) is 11.5 Å². The summed E-state index contributed by atoms with van der Waals surface area (Å²) in [5.41, 5.74) is 5.82. The van der Waals surface area contributed by atoms with E-state index in [9.17, 15) is 9.32 Å². The lowest BCUT2D eigenvalue weighted by molar-refractivity contribution is 0.00634. The molecule has 6 nitrogen and oxygen atoms in total. The maximum absolute atomic E-state index is 12.7. The number of rotatable bonds is 8. The van der Waals surface area contributed by atoms with E-state index < -0.39 is 17.5 Å². The first-order valence-electron chi connectivity index (χ1n) is 13.4. The van der Waals surface area contributed by atoms with Gasteiger partial charge in [0.2, 0.25) is 0 Å². The van der Waals surface area contributed by atoms with Crippen molar-refractivity contribution in [3.05, 3.63) is 95.6 Å². The Kier molecular flexibility index (Phi) is 4.85. The molecule has 0 aromatic heterocycles. The van der Waals surface area contributed by atoms with Crippen LogP contribution in [0.4, 0.5) is 0 Å². The van der Waals surface area contributed by atoms with Crippen LogP contribution in [-0.2, 0) is 32.9 Å². The molecule has 8 unspecified atom stereocenters. The lowest BCUT2D eigenvalue weighted by Gasteiger charge is -2.40. The first-order chi connectivity index (χ1) is 18.5. The zero-order valence-corrected chi connectivity index (χ0v) is 21.9. The Morgan fingerprint density at radius 2 is 1.84 bits per heavy atom. The molecule has 0 radical (unpaired) electrons. The van der Waals surface area contributed by atoms with Gasteiger partial charge in [-0.25, -0.2) is 0 Å². The number of benzene rings is 3. The second kappa shape index (κ2) is 8.02. The molecule has 194 valence electrons. The molecule has 1 N–H and O–H groups in total. The number of piperidine rings is 1. The molecule has 2 spiro atoms. The Bertz CT molecular complexity index is 1490. The van der Waals surface area contributed by atoms with Gasteiger partial charge in [0, 0.05) is 22.9 Å². The topological polar surface area (TPSA) is 68.0 Å². The Balaban J connectivity index is 0.932. The van der Waals surface area contributed by atoms with Gasteiger partial charge in [-0.05, 0) is 54.6 Å². The van der Waals surface area contributed by atoms with Gasteiger partial charge in [-0.1, -0.05) is 72.8 Å².